The number of benzene rings is 1. The van der Waals surface area contributed by atoms with E-state index < -0.39 is 0 Å². The van der Waals surface area contributed by atoms with Gasteiger partial charge in [-0.3, -0.25) is 0 Å². The van der Waals surface area contributed by atoms with Gasteiger partial charge in [-0.15, -0.1) is 0 Å². The van der Waals surface area contributed by atoms with Crippen molar-refractivity contribution in [2.75, 3.05) is 0 Å². The van der Waals surface area contributed by atoms with E-state index >= 15 is 0 Å². The molecule has 0 aliphatic heterocycles. The van der Waals surface area contributed by atoms with Gasteiger partial charge in [0.25, 0.3) is 0 Å². The van der Waals surface area contributed by atoms with E-state index in [1.54, 1.807) is 6.92 Å². The molecule has 0 spiro atoms. The van der Waals surface area contributed by atoms with Crippen LogP contribution in [0.4, 0.5) is 0 Å². The number of hydrogen-bond donors (Lipinski definition) is 0. The van der Waals surface area contributed by atoms with Crippen LogP contribution in [0.1, 0.15) is 11.1 Å². The third kappa shape index (κ3) is 1.51. The lowest BCUT2D eigenvalue weighted by Gasteiger charge is -2.04. The molecular formula is C8H4Cl3N. The van der Waals surface area contributed by atoms with Crippen molar-refractivity contribution in [3.05, 3.63) is 32.3 Å². The van der Waals surface area contributed by atoms with Gasteiger partial charge in [0.15, 0.2) is 0 Å². The zero-order valence-electron chi connectivity index (χ0n) is 6.16. The minimum atomic E-state index is 0.265. The molecule has 62 valence electrons. The summed E-state index contributed by atoms with van der Waals surface area (Å²) < 4.78 is 0. The molecule has 0 saturated heterocycles. The quantitative estimate of drug-likeness (QED) is 0.610. The molecule has 1 nitrogen and oxygen atoms in total. The Labute approximate surface area is 85.5 Å². The van der Waals surface area contributed by atoms with Gasteiger partial charge in [0, 0.05) is 5.02 Å². The molecule has 0 bridgehead atoms. The Morgan fingerprint density at radius 2 is 1.83 bits per heavy atom. The monoisotopic (exact) mass is 219 g/mol. The maximum absolute atomic E-state index is 8.61. The van der Waals surface area contributed by atoms with Crippen LogP contribution < -0.4 is 0 Å². The Morgan fingerprint density at radius 3 is 2.33 bits per heavy atom. The van der Waals surface area contributed by atoms with Crippen molar-refractivity contribution in [3.63, 3.8) is 0 Å². The molecule has 0 aliphatic rings. The van der Waals surface area contributed by atoms with Crippen LogP contribution in [0.3, 0.4) is 0 Å². The van der Waals surface area contributed by atoms with Crippen LogP contribution in [0.25, 0.3) is 0 Å². The molecule has 0 N–H and O–H groups in total. The second-order valence-corrected chi connectivity index (χ2v) is 3.43. The van der Waals surface area contributed by atoms with Gasteiger partial charge in [-0.05, 0) is 18.6 Å². The van der Waals surface area contributed by atoms with Crippen molar-refractivity contribution in [3.8, 4) is 6.07 Å². The van der Waals surface area contributed by atoms with Gasteiger partial charge < -0.3 is 0 Å². The molecule has 1 aromatic carbocycles. The Hall–Kier alpha value is -0.420. The predicted molar refractivity (Wildman–Crippen MR) is 50.9 cm³/mol. The lowest BCUT2D eigenvalue weighted by molar-refractivity contribution is 1.43. The highest BCUT2D eigenvalue weighted by atomic mass is 35.5. The average molecular weight is 220 g/mol. The molecule has 0 radical (unpaired) electrons. The molecule has 0 unspecified atom stereocenters. The van der Waals surface area contributed by atoms with E-state index in [4.69, 9.17) is 40.1 Å². The average Bonchev–Trinajstić information content (AvgIpc) is 2.08. The third-order valence-corrected chi connectivity index (χ3v) is 2.86. The maximum atomic E-state index is 8.61. The molecule has 0 saturated carbocycles. The summed E-state index contributed by atoms with van der Waals surface area (Å²) in [7, 11) is 0. The van der Waals surface area contributed by atoms with Crippen molar-refractivity contribution in [2.24, 2.45) is 0 Å². The molecule has 0 atom stereocenters. The minimum absolute atomic E-state index is 0.265. The summed E-state index contributed by atoms with van der Waals surface area (Å²) in [6.07, 6.45) is 0. The SMILES string of the molecule is Cc1c(Cl)cc(C#N)c(Cl)c1Cl. The molecular weight excluding hydrogens is 216 g/mol. The van der Waals surface area contributed by atoms with Crippen LogP contribution >= 0.6 is 34.8 Å². The smallest absolute Gasteiger partial charge is 0.101 e. The summed E-state index contributed by atoms with van der Waals surface area (Å²) in [5, 5.41) is 9.68. The fraction of sp³-hybridized carbons (Fsp3) is 0.125. The Bertz CT molecular complexity index is 366. The summed E-state index contributed by atoms with van der Waals surface area (Å²) in [5.74, 6) is 0. The maximum Gasteiger partial charge on any atom is 0.101 e. The second-order valence-electron chi connectivity index (χ2n) is 2.27. The number of nitriles is 1. The number of rotatable bonds is 0. The second kappa shape index (κ2) is 3.53. The van der Waals surface area contributed by atoms with Gasteiger partial charge in [0.05, 0.1) is 15.6 Å². The van der Waals surface area contributed by atoms with E-state index in [1.807, 2.05) is 6.07 Å². The Kier molecular flexibility index (Phi) is 2.85. The lowest BCUT2D eigenvalue weighted by atomic mass is 10.1. The van der Waals surface area contributed by atoms with Crippen molar-refractivity contribution in [1.82, 2.24) is 0 Å². The molecule has 0 amide bonds. The number of nitrogens with zero attached hydrogens (tertiary/aromatic N) is 1. The van der Waals surface area contributed by atoms with Crippen LogP contribution in [-0.2, 0) is 0 Å². The summed E-state index contributed by atoms with van der Waals surface area (Å²) in [4.78, 5) is 0. The summed E-state index contributed by atoms with van der Waals surface area (Å²) in [6, 6.07) is 3.41. The predicted octanol–water partition coefficient (Wildman–Crippen LogP) is 3.83. The minimum Gasteiger partial charge on any atom is -0.192 e. The summed E-state index contributed by atoms with van der Waals surface area (Å²) >= 11 is 17.3. The van der Waals surface area contributed by atoms with E-state index in [0.29, 0.717) is 21.2 Å². The van der Waals surface area contributed by atoms with Gasteiger partial charge in [0.2, 0.25) is 0 Å². The first-order valence-corrected chi connectivity index (χ1v) is 4.25. The molecule has 1 aromatic rings. The van der Waals surface area contributed by atoms with Gasteiger partial charge >= 0.3 is 0 Å². The van der Waals surface area contributed by atoms with Crippen LogP contribution in [0, 0.1) is 18.3 Å². The molecule has 1 rings (SSSR count). The zero-order chi connectivity index (χ0) is 9.30. The molecule has 12 heavy (non-hydrogen) atoms. The van der Waals surface area contributed by atoms with Crippen molar-refractivity contribution in [1.29, 1.82) is 5.26 Å². The summed E-state index contributed by atoms with van der Waals surface area (Å²) in [6.45, 7) is 1.75. The van der Waals surface area contributed by atoms with E-state index in [-0.39, 0.29) is 5.02 Å². The standard InChI is InChI=1S/C8H4Cl3N/c1-4-6(9)2-5(3-12)8(11)7(4)10/h2H,1H3. The highest BCUT2D eigenvalue weighted by Gasteiger charge is 2.10. The fourth-order valence-corrected chi connectivity index (χ4v) is 1.46. The first-order chi connectivity index (χ1) is 5.57. The highest BCUT2D eigenvalue weighted by molar-refractivity contribution is 6.44. The Balaban J connectivity index is 3.52. The largest absolute Gasteiger partial charge is 0.192 e. The van der Waals surface area contributed by atoms with Gasteiger partial charge in [0.1, 0.15) is 6.07 Å². The van der Waals surface area contributed by atoms with Crippen LogP contribution in [0.5, 0.6) is 0 Å². The van der Waals surface area contributed by atoms with E-state index in [1.165, 1.54) is 6.07 Å². The number of hydrogen-bond acceptors (Lipinski definition) is 1. The summed E-state index contributed by atoms with van der Waals surface area (Å²) in [5.41, 5.74) is 1.000. The molecule has 0 heterocycles. The van der Waals surface area contributed by atoms with Crippen LogP contribution in [0.2, 0.25) is 15.1 Å². The van der Waals surface area contributed by atoms with Gasteiger partial charge in [-0.1, -0.05) is 34.8 Å². The normalized spacial score (nSPS) is 9.58. The van der Waals surface area contributed by atoms with Crippen molar-refractivity contribution < 1.29 is 0 Å². The van der Waals surface area contributed by atoms with E-state index in [2.05, 4.69) is 0 Å². The topological polar surface area (TPSA) is 23.8 Å². The first-order valence-electron chi connectivity index (χ1n) is 3.12. The van der Waals surface area contributed by atoms with E-state index in [9.17, 15) is 0 Å². The molecule has 4 heteroatoms. The van der Waals surface area contributed by atoms with Gasteiger partial charge in [-0.25, -0.2) is 0 Å². The Morgan fingerprint density at radius 1 is 1.25 bits per heavy atom. The van der Waals surface area contributed by atoms with Crippen LogP contribution in [0.15, 0.2) is 6.07 Å². The highest BCUT2D eigenvalue weighted by Crippen LogP contribution is 2.33. The molecule has 0 aliphatic carbocycles. The van der Waals surface area contributed by atoms with Crippen LogP contribution in [-0.4, -0.2) is 0 Å². The number of halogens is 3. The first kappa shape index (κ1) is 9.67. The van der Waals surface area contributed by atoms with Crippen molar-refractivity contribution in [2.45, 2.75) is 6.92 Å². The molecule has 0 aromatic heterocycles. The fourth-order valence-electron chi connectivity index (χ4n) is 0.767. The third-order valence-electron chi connectivity index (χ3n) is 1.51. The molecule has 0 fully saturated rings. The van der Waals surface area contributed by atoms with Gasteiger partial charge in [-0.2, -0.15) is 5.26 Å². The lowest BCUT2D eigenvalue weighted by Crippen LogP contribution is -1.84. The van der Waals surface area contributed by atoms with Crippen molar-refractivity contribution >= 4 is 34.8 Å². The zero-order valence-corrected chi connectivity index (χ0v) is 8.43. The van der Waals surface area contributed by atoms with E-state index in [0.717, 1.165) is 0 Å².